The van der Waals surface area contributed by atoms with E-state index < -0.39 is 17.6 Å². The van der Waals surface area contributed by atoms with Crippen molar-refractivity contribution in [2.75, 3.05) is 51.3 Å². The minimum atomic E-state index is -4.76. The molecule has 1 amide bonds. The van der Waals surface area contributed by atoms with E-state index in [4.69, 9.17) is 27.9 Å². The molecule has 11 heteroatoms. The van der Waals surface area contributed by atoms with Crippen molar-refractivity contribution in [3.63, 3.8) is 0 Å². The van der Waals surface area contributed by atoms with E-state index in [2.05, 4.69) is 4.90 Å². The van der Waals surface area contributed by atoms with Gasteiger partial charge in [-0.1, -0.05) is 35.3 Å². The van der Waals surface area contributed by atoms with Crippen LogP contribution in [0.3, 0.4) is 0 Å². The lowest BCUT2D eigenvalue weighted by Crippen LogP contribution is -2.38. The standard InChI is InChI=1S/C30H29Cl2F4N3O2/c1-37(16-19-2-8-24(27(33)14-19)30(34,35)36)28-18-39(17-23(28)21-5-9-25(31)26(32)15-21)29(40)20-3-6-22(7-4-20)38-10-12-41-13-11-38/h2-9,14-15,23,28H,10-13,16-18H2,1H3/t23-,28+/m1/s1. The largest absolute Gasteiger partial charge is 0.419 e. The third kappa shape index (κ3) is 6.64. The van der Waals surface area contributed by atoms with Crippen LogP contribution < -0.4 is 4.90 Å². The first-order chi connectivity index (χ1) is 19.5. The Balaban J connectivity index is 1.37. The molecule has 5 nitrogen and oxygen atoms in total. The number of alkyl halides is 3. The molecule has 3 aromatic carbocycles. The molecule has 41 heavy (non-hydrogen) atoms. The Morgan fingerprint density at radius 3 is 2.32 bits per heavy atom. The number of nitrogens with zero attached hydrogens (tertiary/aromatic N) is 3. The Morgan fingerprint density at radius 2 is 1.68 bits per heavy atom. The second-order valence-electron chi connectivity index (χ2n) is 10.4. The van der Waals surface area contributed by atoms with Crippen LogP contribution in [0, 0.1) is 5.82 Å². The van der Waals surface area contributed by atoms with E-state index in [1.807, 2.05) is 42.3 Å². The van der Waals surface area contributed by atoms with Crippen LogP contribution in [0.25, 0.3) is 0 Å². The van der Waals surface area contributed by atoms with Crippen LogP contribution >= 0.6 is 23.2 Å². The molecule has 0 bridgehead atoms. The van der Waals surface area contributed by atoms with Gasteiger partial charge in [0.15, 0.2) is 0 Å². The number of amides is 1. The molecule has 2 heterocycles. The summed E-state index contributed by atoms with van der Waals surface area (Å²) in [4.78, 5) is 19.5. The van der Waals surface area contributed by atoms with Crippen LogP contribution in [0.2, 0.25) is 10.0 Å². The van der Waals surface area contributed by atoms with Crippen molar-refractivity contribution in [2.45, 2.75) is 24.7 Å². The van der Waals surface area contributed by atoms with Crippen LogP contribution in [0.4, 0.5) is 23.2 Å². The van der Waals surface area contributed by atoms with Gasteiger partial charge in [0.2, 0.25) is 0 Å². The number of anilines is 1. The molecule has 2 saturated heterocycles. The van der Waals surface area contributed by atoms with Gasteiger partial charge in [0, 0.05) is 55.9 Å². The number of ether oxygens (including phenoxy) is 1. The van der Waals surface area contributed by atoms with Gasteiger partial charge < -0.3 is 14.5 Å². The molecule has 5 rings (SSSR count). The summed E-state index contributed by atoms with van der Waals surface area (Å²) >= 11 is 12.5. The molecule has 2 fully saturated rings. The quantitative estimate of drug-likeness (QED) is 0.290. The van der Waals surface area contributed by atoms with Crippen molar-refractivity contribution in [3.05, 3.63) is 98.8 Å². The maximum atomic E-state index is 14.3. The van der Waals surface area contributed by atoms with Crippen LogP contribution in [0.15, 0.2) is 60.7 Å². The lowest BCUT2D eigenvalue weighted by Gasteiger charge is -2.29. The topological polar surface area (TPSA) is 36.0 Å². The highest BCUT2D eigenvalue weighted by molar-refractivity contribution is 6.42. The molecule has 2 atom stereocenters. The zero-order chi connectivity index (χ0) is 29.3. The summed E-state index contributed by atoms with van der Waals surface area (Å²) < 4.78 is 58.8. The number of benzene rings is 3. The third-order valence-electron chi connectivity index (χ3n) is 7.78. The second kappa shape index (κ2) is 12.2. The predicted molar refractivity (Wildman–Crippen MR) is 151 cm³/mol. The van der Waals surface area contributed by atoms with E-state index in [0.717, 1.165) is 36.5 Å². The monoisotopic (exact) mass is 609 g/mol. The van der Waals surface area contributed by atoms with Crippen molar-refractivity contribution in [3.8, 4) is 0 Å². The molecule has 0 aromatic heterocycles. The van der Waals surface area contributed by atoms with E-state index in [1.165, 1.54) is 6.07 Å². The van der Waals surface area contributed by atoms with Gasteiger partial charge in [0.1, 0.15) is 5.82 Å². The number of hydrogen-bond donors (Lipinski definition) is 0. The van der Waals surface area contributed by atoms with Crippen LogP contribution in [-0.2, 0) is 17.5 Å². The van der Waals surface area contributed by atoms with Gasteiger partial charge in [0.25, 0.3) is 5.91 Å². The van der Waals surface area contributed by atoms with Gasteiger partial charge in [-0.05, 0) is 66.7 Å². The zero-order valence-corrected chi connectivity index (χ0v) is 23.8. The van der Waals surface area contributed by atoms with Crippen LogP contribution in [-0.4, -0.2) is 68.2 Å². The Kier molecular flexibility index (Phi) is 8.80. The molecule has 0 unspecified atom stereocenters. The Morgan fingerprint density at radius 1 is 0.976 bits per heavy atom. The molecule has 0 saturated carbocycles. The highest BCUT2D eigenvalue weighted by atomic mass is 35.5. The molecule has 0 radical (unpaired) electrons. The molecule has 2 aliphatic rings. The summed E-state index contributed by atoms with van der Waals surface area (Å²) in [7, 11) is 1.82. The number of rotatable bonds is 6. The highest BCUT2D eigenvalue weighted by Crippen LogP contribution is 2.36. The van der Waals surface area contributed by atoms with Gasteiger partial charge in [0.05, 0.1) is 28.8 Å². The highest BCUT2D eigenvalue weighted by Gasteiger charge is 2.39. The van der Waals surface area contributed by atoms with Crippen molar-refractivity contribution < 1.29 is 27.1 Å². The fourth-order valence-electron chi connectivity index (χ4n) is 5.58. The van der Waals surface area contributed by atoms with Crippen molar-refractivity contribution in [1.29, 1.82) is 0 Å². The van der Waals surface area contributed by atoms with Crippen molar-refractivity contribution in [2.24, 2.45) is 0 Å². The average Bonchev–Trinajstić information content (AvgIpc) is 3.40. The molecule has 0 spiro atoms. The van der Waals surface area contributed by atoms with E-state index >= 15 is 0 Å². The SMILES string of the molecule is CN(Cc1ccc(C(F)(F)F)c(F)c1)[C@H]1CN(C(=O)c2ccc(N3CCOCC3)cc2)C[C@@H]1c1ccc(Cl)c(Cl)c1. The second-order valence-corrected chi connectivity index (χ2v) is 11.2. The summed E-state index contributed by atoms with van der Waals surface area (Å²) in [6.45, 7) is 3.88. The van der Waals surface area contributed by atoms with E-state index in [9.17, 15) is 22.4 Å². The van der Waals surface area contributed by atoms with Crippen LogP contribution in [0.5, 0.6) is 0 Å². The number of likely N-dealkylation sites (tertiary alicyclic amines) is 1. The van der Waals surface area contributed by atoms with Gasteiger partial charge in [-0.25, -0.2) is 4.39 Å². The lowest BCUT2D eigenvalue weighted by molar-refractivity contribution is -0.140. The minimum absolute atomic E-state index is 0.125. The molecule has 0 N–H and O–H groups in total. The van der Waals surface area contributed by atoms with Crippen molar-refractivity contribution >= 4 is 34.8 Å². The van der Waals surface area contributed by atoms with Crippen molar-refractivity contribution in [1.82, 2.24) is 9.80 Å². The minimum Gasteiger partial charge on any atom is -0.378 e. The number of carbonyl (C=O) groups is 1. The maximum absolute atomic E-state index is 14.3. The first-order valence-corrected chi connectivity index (χ1v) is 14.0. The first-order valence-electron chi connectivity index (χ1n) is 13.2. The smallest absolute Gasteiger partial charge is 0.378 e. The lowest BCUT2D eigenvalue weighted by atomic mass is 9.93. The van der Waals surface area contributed by atoms with Gasteiger partial charge in [-0.3, -0.25) is 9.69 Å². The predicted octanol–water partition coefficient (Wildman–Crippen LogP) is 6.73. The molecule has 218 valence electrons. The summed E-state index contributed by atoms with van der Waals surface area (Å²) in [6.07, 6.45) is -4.76. The van der Waals surface area contributed by atoms with E-state index in [-0.39, 0.29) is 24.4 Å². The fraction of sp³-hybridized carbons (Fsp3) is 0.367. The summed E-state index contributed by atoms with van der Waals surface area (Å²) in [5, 5.41) is 0.797. The van der Waals surface area contributed by atoms with Gasteiger partial charge in [-0.15, -0.1) is 0 Å². The molecular weight excluding hydrogens is 581 g/mol. The first kappa shape index (κ1) is 29.6. The molecule has 3 aromatic rings. The normalized spacial score (nSPS) is 19.7. The fourth-order valence-corrected chi connectivity index (χ4v) is 5.89. The number of likely N-dealkylation sites (N-methyl/N-ethyl adjacent to an activating group) is 1. The molecular formula is C30H29Cl2F4N3O2. The summed E-state index contributed by atoms with van der Waals surface area (Å²) in [5.74, 6) is -1.60. The third-order valence-corrected chi connectivity index (χ3v) is 8.51. The zero-order valence-electron chi connectivity index (χ0n) is 22.3. The number of halogens is 6. The number of hydrogen-bond acceptors (Lipinski definition) is 4. The Hall–Kier alpha value is -2.85. The molecule has 2 aliphatic heterocycles. The summed E-state index contributed by atoms with van der Waals surface area (Å²) in [6, 6.07) is 15.6. The van der Waals surface area contributed by atoms with Gasteiger partial charge in [-0.2, -0.15) is 13.2 Å². The summed E-state index contributed by atoms with van der Waals surface area (Å²) in [5.41, 5.74) is 1.57. The van der Waals surface area contributed by atoms with Gasteiger partial charge >= 0.3 is 6.18 Å². The average molecular weight is 610 g/mol. The maximum Gasteiger partial charge on any atom is 0.419 e. The number of morpholine rings is 1. The van der Waals surface area contributed by atoms with Crippen LogP contribution in [0.1, 0.15) is 33.0 Å². The van der Waals surface area contributed by atoms with E-state index in [1.54, 1.807) is 17.0 Å². The molecule has 0 aliphatic carbocycles. The Bertz CT molecular complexity index is 1400. The number of carbonyl (C=O) groups excluding carboxylic acids is 1. The Labute approximate surface area is 246 Å². The van der Waals surface area contributed by atoms with E-state index in [0.29, 0.717) is 47.5 Å².